The zero-order valence-electron chi connectivity index (χ0n) is 11.1. The summed E-state index contributed by atoms with van der Waals surface area (Å²) in [6.07, 6.45) is 9.10. The summed E-state index contributed by atoms with van der Waals surface area (Å²) in [7, 11) is 0. The van der Waals surface area contributed by atoms with Crippen LogP contribution in [0.15, 0.2) is 0 Å². The molecule has 3 N–H and O–H groups in total. The first kappa shape index (κ1) is 13.3. The third kappa shape index (κ3) is 3.43. The SMILES string of the molecule is CC[C@H](CO)NC1CCCCC1C1CCCN1. The fourth-order valence-electron chi connectivity index (χ4n) is 3.53. The molecule has 2 fully saturated rings. The van der Waals surface area contributed by atoms with Crippen molar-refractivity contribution < 1.29 is 5.11 Å². The van der Waals surface area contributed by atoms with E-state index in [0.29, 0.717) is 12.1 Å². The van der Waals surface area contributed by atoms with Gasteiger partial charge in [0.2, 0.25) is 0 Å². The molecule has 2 aliphatic rings. The molecular formula is C14H28N2O. The third-order valence-corrected chi connectivity index (χ3v) is 4.60. The molecule has 0 radical (unpaired) electrons. The van der Waals surface area contributed by atoms with Crippen LogP contribution < -0.4 is 10.6 Å². The lowest BCUT2D eigenvalue weighted by atomic mass is 9.79. The van der Waals surface area contributed by atoms with Gasteiger partial charge in [0, 0.05) is 18.1 Å². The van der Waals surface area contributed by atoms with Gasteiger partial charge in [-0.1, -0.05) is 19.8 Å². The van der Waals surface area contributed by atoms with Crippen LogP contribution in [-0.2, 0) is 0 Å². The molecule has 0 spiro atoms. The number of nitrogens with one attached hydrogen (secondary N) is 2. The normalized spacial score (nSPS) is 36.0. The predicted octanol–water partition coefficient (Wildman–Crippen LogP) is 1.66. The van der Waals surface area contributed by atoms with E-state index in [4.69, 9.17) is 0 Å². The molecule has 1 saturated heterocycles. The van der Waals surface area contributed by atoms with Crippen molar-refractivity contribution in [3.63, 3.8) is 0 Å². The van der Waals surface area contributed by atoms with Crippen molar-refractivity contribution in [1.82, 2.24) is 10.6 Å². The van der Waals surface area contributed by atoms with Crippen LogP contribution in [0.1, 0.15) is 51.9 Å². The van der Waals surface area contributed by atoms with E-state index >= 15 is 0 Å². The Bertz CT molecular complexity index is 212. The minimum atomic E-state index is 0.276. The highest BCUT2D eigenvalue weighted by Crippen LogP contribution is 2.30. The Labute approximate surface area is 105 Å². The predicted molar refractivity (Wildman–Crippen MR) is 71.1 cm³/mol. The van der Waals surface area contributed by atoms with Crippen molar-refractivity contribution >= 4 is 0 Å². The molecule has 100 valence electrons. The first-order valence-corrected chi connectivity index (χ1v) is 7.45. The molecule has 0 aromatic heterocycles. The molecule has 0 aromatic carbocycles. The molecule has 1 saturated carbocycles. The van der Waals surface area contributed by atoms with Gasteiger partial charge in [-0.3, -0.25) is 0 Å². The molecular weight excluding hydrogens is 212 g/mol. The Hall–Kier alpha value is -0.120. The van der Waals surface area contributed by atoms with Gasteiger partial charge in [-0.05, 0) is 44.6 Å². The molecule has 0 bridgehead atoms. The lowest BCUT2D eigenvalue weighted by Crippen LogP contribution is -2.50. The van der Waals surface area contributed by atoms with Crippen molar-refractivity contribution in [3.05, 3.63) is 0 Å². The average Bonchev–Trinajstić information content (AvgIpc) is 2.90. The summed E-state index contributed by atoms with van der Waals surface area (Å²) < 4.78 is 0. The topological polar surface area (TPSA) is 44.3 Å². The van der Waals surface area contributed by atoms with Crippen LogP contribution >= 0.6 is 0 Å². The Balaban J connectivity index is 1.91. The van der Waals surface area contributed by atoms with E-state index in [9.17, 15) is 5.11 Å². The van der Waals surface area contributed by atoms with Crippen molar-refractivity contribution in [2.75, 3.05) is 13.2 Å². The zero-order chi connectivity index (χ0) is 12.1. The van der Waals surface area contributed by atoms with Gasteiger partial charge >= 0.3 is 0 Å². The maximum atomic E-state index is 9.33. The maximum Gasteiger partial charge on any atom is 0.0584 e. The largest absolute Gasteiger partial charge is 0.395 e. The van der Waals surface area contributed by atoms with Gasteiger partial charge < -0.3 is 15.7 Å². The van der Waals surface area contributed by atoms with Crippen molar-refractivity contribution in [2.24, 2.45) is 5.92 Å². The third-order valence-electron chi connectivity index (χ3n) is 4.60. The van der Waals surface area contributed by atoms with E-state index in [2.05, 4.69) is 17.6 Å². The summed E-state index contributed by atoms with van der Waals surface area (Å²) in [5, 5.41) is 16.7. The van der Waals surface area contributed by atoms with Crippen LogP contribution in [0.2, 0.25) is 0 Å². The van der Waals surface area contributed by atoms with Gasteiger partial charge in [0.25, 0.3) is 0 Å². The number of hydrogen-bond acceptors (Lipinski definition) is 3. The van der Waals surface area contributed by atoms with Gasteiger partial charge in [0.05, 0.1) is 6.61 Å². The molecule has 3 heteroatoms. The maximum absolute atomic E-state index is 9.33. The minimum absolute atomic E-state index is 0.276. The first-order valence-electron chi connectivity index (χ1n) is 7.45. The molecule has 1 aliphatic heterocycles. The molecule has 3 nitrogen and oxygen atoms in total. The van der Waals surface area contributed by atoms with E-state index < -0.39 is 0 Å². The zero-order valence-corrected chi connectivity index (χ0v) is 11.1. The fraction of sp³-hybridized carbons (Fsp3) is 1.00. The second kappa shape index (κ2) is 6.72. The molecule has 1 heterocycles. The summed E-state index contributed by atoms with van der Waals surface area (Å²) in [6.45, 7) is 3.63. The highest BCUT2D eigenvalue weighted by atomic mass is 16.3. The number of hydrogen-bond donors (Lipinski definition) is 3. The summed E-state index contributed by atoms with van der Waals surface area (Å²) in [5.74, 6) is 0.784. The summed E-state index contributed by atoms with van der Waals surface area (Å²) in [5.41, 5.74) is 0. The minimum Gasteiger partial charge on any atom is -0.395 e. The van der Waals surface area contributed by atoms with E-state index in [-0.39, 0.29) is 6.61 Å². The van der Waals surface area contributed by atoms with Gasteiger partial charge in [-0.25, -0.2) is 0 Å². The molecule has 4 atom stereocenters. The molecule has 17 heavy (non-hydrogen) atoms. The lowest BCUT2D eigenvalue weighted by Gasteiger charge is -2.38. The van der Waals surface area contributed by atoms with Gasteiger partial charge in [0.1, 0.15) is 0 Å². The van der Waals surface area contributed by atoms with Crippen LogP contribution in [-0.4, -0.2) is 36.4 Å². The van der Waals surface area contributed by atoms with Crippen LogP contribution in [0, 0.1) is 5.92 Å². The highest BCUT2D eigenvalue weighted by molar-refractivity contribution is 4.92. The van der Waals surface area contributed by atoms with Gasteiger partial charge in [-0.15, -0.1) is 0 Å². The average molecular weight is 240 g/mol. The Morgan fingerprint density at radius 2 is 2.06 bits per heavy atom. The Kier molecular flexibility index (Phi) is 5.26. The van der Waals surface area contributed by atoms with E-state index in [0.717, 1.165) is 18.4 Å². The summed E-state index contributed by atoms with van der Waals surface area (Å²) in [6, 6.07) is 1.64. The Morgan fingerprint density at radius 3 is 2.71 bits per heavy atom. The van der Waals surface area contributed by atoms with Crippen LogP contribution in [0.4, 0.5) is 0 Å². The number of rotatable bonds is 5. The lowest BCUT2D eigenvalue weighted by molar-refractivity contribution is 0.166. The first-order chi connectivity index (χ1) is 8.35. The second-order valence-electron chi connectivity index (χ2n) is 5.71. The van der Waals surface area contributed by atoms with Crippen LogP contribution in [0.3, 0.4) is 0 Å². The standard InChI is InChI=1S/C14H28N2O/c1-2-11(10-17)16-14-7-4-3-6-12(14)13-8-5-9-15-13/h11-17H,2-10H2,1H3/t11-,12?,13?,14?/m1/s1. The number of aliphatic hydroxyl groups is 1. The van der Waals surface area contributed by atoms with Crippen molar-refractivity contribution in [3.8, 4) is 0 Å². The Morgan fingerprint density at radius 1 is 1.24 bits per heavy atom. The molecule has 1 aliphatic carbocycles. The quantitative estimate of drug-likeness (QED) is 0.685. The highest BCUT2D eigenvalue weighted by Gasteiger charge is 2.33. The van der Waals surface area contributed by atoms with Crippen molar-refractivity contribution in [2.45, 2.75) is 70.0 Å². The molecule has 2 rings (SSSR count). The summed E-state index contributed by atoms with van der Waals surface area (Å²) >= 11 is 0. The molecule has 3 unspecified atom stereocenters. The summed E-state index contributed by atoms with van der Waals surface area (Å²) in [4.78, 5) is 0. The molecule has 0 aromatic rings. The smallest absolute Gasteiger partial charge is 0.0584 e. The fourth-order valence-corrected chi connectivity index (χ4v) is 3.53. The van der Waals surface area contributed by atoms with E-state index in [1.807, 2.05) is 0 Å². The van der Waals surface area contributed by atoms with Crippen LogP contribution in [0.25, 0.3) is 0 Å². The molecule has 0 amide bonds. The van der Waals surface area contributed by atoms with E-state index in [1.165, 1.54) is 45.1 Å². The number of aliphatic hydroxyl groups excluding tert-OH is 1. The van der Waals surface area contributed by atoms with Crippen molar-refractivity contribution in [1.29, 1.82) is 0 Å². The van der Waals surface area contributed by atoms with Gasteiger partial charge in [0.15, 0.2) is 0 Å². The van der Waals surface area contributed by atoms with Gasteiger partial charge in [-0.2, -0.15) is 0 Å². The monoisotopic (exact) mass is 240 g/mol. The second-order valence-corrected chi connectivity index (χ2v) is 5.71. The van der Waals surface area contributed by atoms with E-state index in [1.54, 1.807) is 0 Å². The van der Waals surface area contributed by atoms with Crippen LogP contribution in [0.5, 0.6) is 0 Å².